The number of carbonyl (C=O) groups excluding carboxylic acids is 4. The summed E-state index contributed by atoms with van der Waals surface area (Å²) in [6.45, 7) is 2.45. The van der Waals surface area contributed by atoms with Gasteiger partial charge < -0.3 is 10.1 Å². The SMILES string of the molecule is CCCCOC(=O)c1ccc(NC(=O)C2CCC(N3C(=O)[C@@H]4[C@H]5C=C[C@H]([C@H]6C[C@H]56)[C@@H]4C3=O)CC2)cc1. The zero-order valence-corrected chi connectivity index (χ0v) is 20.7. The highest BCUT2D eigenvalue weighted by atomic mass is 16.5. The molecule has 6 aliphatic rings. The van der Waals surface area contributed by atoms with E-state index < -0.39 is 0 Å². The highest BCUT2D eigenvalue weighted by molar-refractivity contribution is 6.06. The lowest BCUT2D eigenvalue weighted by atomic mass is 9.63. The van der Waals surface area contributed by atoms with Gasteiger partial charge in [0.05, 0.1) is 24.0 Å². The maximum atomic E-state index is 13.4. The van der Waals surface area contributed by atoms with Crippen LogP contribution in [0.5, 0.6) is 0 Å². The van der Waals surface area contributed by atoms with E-state index in [0.29, 0.717) is 55.4 Å². The van der Waals surface area contributed by atoms with Crippen LogP contribution in [0.4, 0.5) is 5.69 Å². The van der Waals surface area contributed by atoms with Gasteiger partial charge in [0.1, 0.15) is 0 Å². The molecule has 7 nitrogen and oxygen atoms in total. The zero-order chi connectivity index (χ0) is 25.0. The van der Waals surface area contributed by atoms with Crippen molar-refractivity contribution in [3.8, 4) is 0 Å². The molecular weight excluding hydrogens is 456 g/mol. The predicted octanol–water partition coefficient (Wildman–Crippen LogP) is 4.19. The van der Waals surface area contributed by atoms with Gasteiger partial charge in [0.25, 0.3) is 0 Å². The first-order valence-corrected chi connectivity index (χ1v) is 13.6. The third kappa shape index (κ3) is 3.87. The number of nitrogens with zero attached hydrogens (tertiary/aromatic N) is 1. The second kappa shape index (κ2) is 9.16. The number of carbonyl (C=O) groups is 4. The fraction of sp³-hybridized carbons (Fsp3) is 0.586. The number of imide groups is 1. The number of ether oxygens (including phenoxy) is 1. The molecule has 190 valence electrons. The van der Waals surface area contributed by atoms with Gasteiger partial charge in [0.15, 0.2) is 0 Å². The van der Waals surface area contributed by atoms with Crippen LogP contribution >= 0.6 is 0 Å². The van der Waals surface area contributed by atoms with E-state index in [9.17, 15) is 19.2 Å². The van der Waals surface area contributed by atoms with Gasteiger partial charge in [-0.3, -0.25) is 19.3 Å². The lowest BCUT2D eigenvalue weighted by Crippen LogP contribution is -2.44. The van der Waals surface area contributed by atoms with Crippen molar-refractivity contribution in [1.82, 2.24) is 4.90 Å². The number of esters is 1. The van der Waals surface area contributed by atoms with Gasteiger partial charge >= 0.3 is 5.97 Å². The maximum absolute atomic E-state index is 13.4. The molecule has 3 amide bonds. The van der Waals surface area contributed by atoms with E-state index in [-0.39, 0.29) is 59.3 Å². The van der Waals surface area contributed by atoms with Crippen LogP contribution in [0.2, 0.25) is 0 Å². The van der Waals surface area contributed by atoms with Crippen molar-refractivity contribution in [1.29, 1.82) is 0 Å². The Morgan fingerprint density at radius 1 is 0.944 bits per heavy atom. The first-order valence-electron chi connectivity index (χ1n) is 13.6. The molecule has 4 fully saturated rings. The Bertz CT molecular complexity index is 1070. The summed E-state index contributed by atoms with van der Waals surface area (Å²) < 4.78 is 5.22. The van der Waals surface area contributed by atoms with E-state index in [1.165, 1.54) is 6.42 Å². The van der Waals surface area contributed by atoms with E-state index in [2.05, 4.69) is 17.5 Å². The van der Waals surface area contributed by atoms with E-state index >= 15 is 0 Å². The molecule has 1 aliphatic heterocycles. The largest absolute Gasteiger partial charge is 0.462 e. The Labute approximate surface area is 211 Å². The van der Waals surface area contributed by atoms with Gasteiger partial charge in [-0.2, -0.15) is 0 Å². The van der Waals surface area contributed by atoms with Crippen LogP contribution in [-0.2, 0) is 19.1 Å². The normalized spacial score (nSPS) is 35.9. The molecule has 1 aromatic carbocycles. The smallest absolute Gasteiger partial charge is 0.338 e. The molecule has 0 aromatic heterocycles. The minimum Gasteiger partial charge on any atom is -0.462 e. The molecule has 0 spiro atoms. The molecular formula is C29H34N2O5. The van der Waals surface area contributed by atoms with Crippen molar-refractivity contribution in [2.45, 2.75) is 57.9 Å². The summed E-state index contributed by atoms with van der Waals surface area (Å²) in [5.41, 5.74) is 1.11. The van der Waals surface area contributed by atoms with E-state index in [1.807, 2.05) is 6.92 Å². The Morgan fingerprint density at radius 3 is 2.14 bits per heavy atom. The van der Waals surface area contributed by atoms with E-state index in [4.69, 9.17) is 4.74 Å². The number of unbranched alkanes of at least 4 members (excludes halogenated alkanes) is 1. The number of benzene rings is 1. The molecule has 2 bridgehead atoms. The Balaban J connectivity index is 1.02. The van der Waals surface area contributed by atoms with E-state index in [1.54, 1.807) is 29.2 Å². The molecule has 3 saturated carbocycles. The molecule has 6 atom stereocenters. The summed E-state index contributed by atoms with van der Waals surface area (Å²) in [7, 11) is 0. The van der Waals surface area contributed by atoms with Crippen LogP contribution in [0, 0.1) is 41.4 Å². The standard InChI is InChI=1S/C29H34N2O5/c1-2-3-14-36-29(35)17-4-8-18(9-5-17)30-26(32)16-6-10-19(11-7-16)31-27(33)24-20-12-13-21(23-15-22(20)23)25(24)28(31)34/h4-5,8-9,12-13,16,19-25H,2-3,6-7,10-11,14-15H2,1H3,(H,30,32)/t16?,19?,20-,21+,22-,23-,24+,25-/m1/s1. The summed E-state index contributed by atoms with van der Waals surface area (Å²) in [6.07, 6.45) is 10.0. The number of hydrogen-bond acceptors (Lipinski definition) is 5. The van der Waals surface area contributed by atoms with Gasteiger partial charge in [-0.1, -0.05) is 25.5 Å². The molecule has 0 radical (unpaired) electrons. The fourth-order valence-electron chi connectivity index (χ4n) is 7.26. The molecule has 1 N–H and O–H groups in total. The number of anilines is 1. The first kappa shape index (κ1) is 23.4. The molecule has 1 saturated heterocycles. The van der Waals surface area contributed by atoms with Crippen molar-refractivity contribution in [2.75, 3.05) is 11.9 Å². The van der Waals surface area contributed by atoms with E-state index in [0.717, 1.165) is 12.8 Å². The molecule has 7 rings (SSSR count). The monoisotopic (exact) mass is 490 g/mol. The minimum atomic E-state index is -0.355. The first-order chi connectivity index (χ1) is 17.5. The van der Waals surface area contributed by atoms with Gasteiger partial charge in [0.2, 0.25) is 17.7 Å². The topological polar surface area (TPSA) is 92.8 Å². The van der Waals surface area contributed by atoms with Gasteiger partial charge in [-0.05, 0) is 86.5 Å². The molecule has 1 aromatic rings. The molecule has 36 heavy (non-hydrogen) atoms. The van der Waals surface area contributed by atoms with Crippen LogP contribution in [-0.4, -0.2) is 41.2 Å². The van der Waals surface area contributed by atoms with Crippen LogP contribution in [0.3, 0.4) is 0 Å². The minimum absolute atomic E-state index is 0.0379. The molecule has 7 heteroatoms. The number of amides is 3. The van der Waals surface area contributed by atoms with Crippen LogP contribution in [0.1, 0.15) is 62.2 Å². The Hall–Kier alpha value is -2.96. The van der Waals surface area contributed by atoms with Crippen LogP contribution < -0.4 is 5.32 Å². The lowest BCUT2D eigenvalue weighted by molar-refractivity contribution is -0.144. The number of allylic oxidation sites excluding steroid dienone is 2. The quantitative estimate of drug-likeness (QED) is 0.268. The van der Waals surface area contributed by atoms with Gasteiger partial charge in [0, 0.05) is 17.6 Å². The number of rotatable bonds is 7. The average Bonchev–Trinajstić information content (AvgIpc) is 3.67. The van der Waals surface area contributed by atoms with Crippen molar-refractivity contribution in [3.63, 3.8) is 0 Å². The summed E-state index contributed by atoms with van der Waals surface area (Å²) in [5.74, 6) is 0.932. The Kier molecular flexibility index (Phi) is 5.97. The third-order valence-electron chi connectivity index (χ3n) is 9.25. The fourth-order valence-corrected chi connectivity index (χ4v) is 7.26. The van der Waals surface area contributed by atoms with Gasteiger partial charge in [-0.15, -0.1) is 0 Å². The van der Waals surface area contributed by atoms with Crippen LogP contribution in [0.25, 0.3) is 0 Å². The maximum Gasteiger partial charge on any atom is 0.338 e. The van der Waals surface area contributed by atoms with Gasteiger partial charge in [-0.25, -0.2) is 4.79 Å². The number of nitrogens with one attached hydrogen (secondary N) is 1. The molecule has 5 aliphatic carbocycles. The lowest BCUT2D eigenvalue weighted by Gasteiger charge is -2.37. The summed E-state index contributed by atoms with van der Waals surface area (Å²) >= 11 is 0. The van der Waals surface area contributed by atoms with Crippen molar-refractivity contribution in [3.05, 3.63) is 42.0 Å². The second-order valence-corrected chi connectivity index (χ2v) is 11.3. The summed E-state index contributed by atoms with van der Waals surface area (Å²) in [4.78, 5) is 53.3. The number of likely N-dealkylation sites (tertiary alicyclic amines) is 1. The Morgan fingerprint density at radius 2 is 1.56 bits per heavy atom. The second-order valence-electron chi connectivity index (χ2n) is 11.3. The zero-order valence-electron chi connectivity index (χ0n) is 20.7. The highest BCUT2D eigenvalue weighted by Crippen LogP contribution is 2.65. The van der Waals surface area contributed by atoms with Crippen molar-refractivity contribution >= 4 is 29.4 Å². The summed E-state index contributed by atoms with van der Waals surface area (Å²) in [5, 5.41) is 2.96. The highest BCUT2D eigenvalue weighted by Gasteiger charge is 2.67. The number of hydrogen-bond donors (Lipinski definition) is 1. The van der Waals surface area contributed by atoms with Crippen molar-refractivity contribution in [2.24, 2.45) is 41.4 Å². The third-order valence-corrected chi connectivity index (χ3v) is 9.25. The molecule has 0 unspecified atom stereocenters. The average molecular weight is 491 g/mol. The molecule has 1 heterocycles. The summed E-state index contributed by atoms with van der Waals surface area (Å²) in [6, 6.07) is 6.67. The van der Waals surface area contributed by atoms with Crippen molar-refractivity contribution < 1.29 is 23.9 Å². The predicted molar refractivity (Wildman–Crippen MR) is 133 cm³/mol. The van der Waals surface area contributed by atoms with Crippen LogP contribution in [0.15, 0.2) is 36.4 Å².